The van der Waals surface area contributed by atoms with Gasteiger partial charge in [-0.05, 0) is 36.6 Å². The first-order valence-electron chi connectivity index (χ1n) is 9.44. The highest BCUT2D eigenvalue weighted by atomic mass is 15.3. The summed E-state index contributed by atoms with van der Waals surface area (Å²) in [6, 6.07) is 30.6. The molecule has 0 saturated carbocycles. The predicted octanol–water partition coefficient (Wildman–Crippen LogP) is 6.03. The summed E-state index contributed by atoms with van der Waals surface area (Å²) in [7, 11) is 0. The molecule has 1 aliphatic heterocycles. The van der Waals surface area contributed by atoms with Gasteiger partial charge in [-0.1, -0.05) is 79.7 Å². The van der Waals surface area contributed by atoms with Gasteiger partial charge in [-0.25, -0.2) is 0 Å². The molecule has 1 N–H and O–H groups in total. The minimum atomic E-state index is -0.0372. The van der Waals surface area contributed by atoms with Gasteiger partial charge in [0.2, 0.25) is 0 Å². The van der Waals surface area contributed by atoms with Crippen LogP contribution in [-0.2, 0) is 6.54 Å². The van der Waals surface area contributed by atoms with Crippen LogP contribution in [-0.4, -0.2) is 5.54 Å². The van der Waals surface area contributed by atoms with E-state index in [1.165, 1.54) is 22.5 Å². The molecule has 1 aliphatic rings. The third-order valence-electron chi connectivity index (χ3n) is 5.59. The van der Waals surface area contributed by atoms with E-state index in [1.807, 2.05) is 0 Å². The fraction of sp³-hybridized carbons (Fsp3) is 0.250. The van der Waals surface area contributed by atoms with Crippen molar-refractivity contribution in [3.63, 3.8) is 0 Å². The van der Waals surface area contributed by atoms with Gasteiger partial charge in [-0.15, -0.1) is 0 Å². The quantitative estimate of drug-likeness (QED) is 0.623. The summed E-state index contributed by atoms with van der Waals surface area (Å²) in [6.07, 6.45) is 1.05. The maximum absolute atomic E-state index is 3.85. The van der Waals surface area contributed by atoms with Crippen molar-refractivity contribution in [2.75, 3.05) is 10.2 Å². The smallest absolute Gasteiger partial charge is 0.0774 e. The van der Waals surface area contributed by atoms with Crippen LogP contribution < -0.4 is 10.2 Å². The van der Waals surface area contributed by atoms with Crippen LogP contribution in [0.1, 0.15) is 37.4 Å². The van der Waals surface area contributed by atoms with Gasteiger partial charge in [-0.2, -0.15) is 0 Å². The zero-order valence-corrected chi connectivity index (χ0v) is 15.5. The molecule has 0 saturated heterocycles. The van der Waals surface area contributed by atoms with Crippen molar-refractivity contribution in [1.82, 2.24) is 0 Å². The fourth-order valence-corrected chi connectivity index (χ4v) is 4.11. The van der Waals surface area contributed by atoms with E-state index in [9.17, 15) is 0 Å². The summed E-state index contributed by atoms with van der Waals surface area (Å²) >= 11 is 0. The standard InChI is InChI=1S/C24H26N2/c1-3-24(2)23(20-14-8-5-9-15-20)26(18-19-12-6-4-7-13-19)22-17-11-10-16-21(22)25-24/h4-17,23,25H,3,18H2,1-2H3. The molecule has 2 atom stereocenters. The van der Waals surface area contributed by atoms with Crippen LogP contribution in [0.25, 0.3) is 0 Å². The second-order valence-corrected chi connectivity index (χ2v) is 7.34. The Hall–Kier alpha value is -2.74. The van der Waals surface area contributed by atoms with E-state index < -0.39 is 0 Å². The lowest BCUT2D eigenvalue weighted by Crippen LogP contribution is -2.52. The van der Waals surface area contributed by atoms with Crippen LogP contribution in [0.4, 0.5) is 11.4 Å². The van der Waals surface area contributed by atoms with Gasteiger partial charge in [-0.3, -0.25) is 0 Å². The van der Waals surface area contributed by atoms with E-state index in [-0.39, 0.29) is 11.6 Å². The van der Waals surface area contributed by atoms with Gasteiger partial charge in [0.05, 0.1) is 23.0 Å². The Bertz CT molecular complexity index is 860. The molecule has 0 radical (unpaired) electrons. The highest BCUT2D eigenvalue weighted by Crippen LogP contribution is 2.47. The number of nitrogens with one attached hydrogen (secondary N) is 1. The van der Waals surface area contributed by atoms with E-state index in [0.717, 1.165) is 13.0 Å². The lowest BCUT2D eigenvalue weighted by molar-refractivity contribution is 0.368. The second-order valence-electron chi connectivity index (χ2n) is 7.34. The molecule has 132 valence electrons. The number of fused-ring (bicyclic) bond motifs is 1. The lowest BCUT2D eigenvalue weighted by atomic mass is 9.80. The van der Waals surface area contributed by atoms with Crippen molar-refractivity contribution in [2.45, 2.75) is 38.4 Å². The maximum Gasteiger partial charge on any atom is 0.0774 e. The first-order chi connectivity index (χ1) is 12.7. The molecule has 0 spiro atoms. The molecule has 3 aromatic carbocycles. The van der Waals surface area contributed by atoms with Crippen LogP contribution in [0, 0.1) is 0 Å². The molecule has 0 bridgehead atoms. The first kappa shape index (κ1) is 16.7. The minimum absolute atomic E-state index is 0.0372. The maximum atomic E-state index is 3.85. The van der Waals surface area contributed by atoms with Crippen LogP contribution in [0.15, 0.2) is 84.9 Å². The molecule has 0 aromatic heterocycles. The van der Waals surface area contributed by atoms with Crippen molar-refractivity contribution >= 4 is 11.4 Å². The zero-order valence-electron chi connectivity index (χ0n) is 15.5. The average molecular weight is 342 g/mol. The Kier molecular flexibility index (Phi) is 4.42. The number of rotatable bonds is 4. The molecule has 0 amide bonds. The summed E-state index contributed by atoms with van der Waals surface area (Å²) in [4.78, 5) is 2.57. The summed E-state index contributed by atoms with van der Waals surface area (Å²) in [6.45, 7) is 5.52. The molecule has 2 heteroatoms. The highest BCUT2D eigenvalue weighted by molar-refractivity contribution is 5.75. The second kappa shape index (κ2) is 6.87. The molecule has 2 nitrogen and oxygen atoms in total. The third kappa shape index (κ3) is 2.96. The van der Waals surface area contributed by atoms with Gasteiger partial charge in [0.15, 0.2) is 0 Å². The molecule has 3 aromatic rings. The molecule has 0 fully saturated rings. The molecule has 0 aliphatic carbocycles. The fourth-order valence-electron chi connectivity index (χ4n) is 4.11. The molecule has 1 heterocycles. The van der Waals surface area contributed by atoms with Crippen molar-refractivity contribution in [3.8, 4) is 0 Å². The van der Waals surface area contributed by atoms with Gasteiger partial charge in [0.25, 0.3) is 0 Å². The van der Waals surface area contributed by atoms with Gasteiger partial charge < -0.3 is 10.2 Å². The number of para-hydroxylation sites is 2. The highest BCUT2D eigenvalue weighted by Gasteiger charge is 2.42. The van der Waals surface area contributed by atoms with Crippen LogP contribution in [0.3, 0.4) is 0 Å². The Morgan fingerprint density at radius 1 is 0.846 bits per heavy atom. The molecular weight excluding hydrogens is 316 g/mol. The Morgan fingerprint density at radius 2 is 1.46 bits per heavy atom. The average Bonchev–Trinajstić information content (AvgIpc) is 2.69. The van der Waals surface area contributed by atoms with Gasteiger partial charge in [0.1, 0.15) is 0 Å². The van der Waals surface area contributed by atoms with Crippen molar-refractivity contribution in [1.29, 1.82) is 0 Å². The molecular formula is C24H26N2. The summed E-state index contributed by atoms with van der Waals surface area (Å²) in [5.74, 6) is 0. The molecule has 4 rings (SSSR count). The number of hydrogen-bond acceptors (Lipinski definition) is 2. The van der Waals surface area contributed by atoms with Gasteiger partial charge in [0, 0.05) is 6.54 Å². The van der Waals surface area contributed by atoms with E-state index in [0.29, 0.717) is 0 Å². The number of benzene rings is 3. The van der Waals surface area contributed by atoms with Crippen LogP contribution in [0.2, 0.25) is 0 Å². The summed E-state index contributed by atoms with van der Waals surface area (Å²) in [5.41, 5.74) is 5.15. The SMILES string of the molecule is CCC1(C)Nc2ccccc2N(Cc2ccccc2)C1c1ccccc1. The lowest BCUT2D eigenvalue weighted by Gasteiger charge is -2.51. The number of hydrogen-bond donors (Lipinski definition) is 1. The topological polar surface area (TPSA) is 15.3 Å². The zero-order chi connectivity index (χ0) is 18.0. The van der Waals surface area contributed by atoms with Crippen molar-refractivity contribution in [3.05, 3.63) is 96.1 Å². The van der Waals surface area contributed by atoms with E-state index >= 15 is 0 Å². The van der Waals surface area contributed by atoms with Crippen molar-refractivity contribution in [2.24, 2.45) is 0 Å². The first-order valence-corrected chi connectivity index (χ1v) is 9.44. The monoisotopic (exact) mass is 342 g/mol. The summed E-state index contributed by atoms with van der Waals surface area (Å²) in [5, 5.41) is 3.85. The third-order valence-corrected chi connectivity index (χ3v) is 5.59. The van der Waals surface area contributed by atoms with Crippen LogP contribution >= 0.6 is 0 Å². The van der Waals surface area contributed by atoms with Gasteiger partial charge >= 0.3 is 0 Å². The number of anilines is 2. The Labute approximate surface area is 156 Å². The van der Waals surface area contributed by atoms with Crippen LogP contribution in [0.5, 0.6) is 0 Å². The van der Waals surface area contributed by atoms with E-state index in [4.69, 9.17) is 0 Å². The normalized spacial score (nSPS) is 21.8. The Balaban J connectivity index is 1.86. The van der Waals surface area contributed by atoms with E-state index in [2.05, 4.69) is 109 Å². The molecule has 2 unspecified atom stereocenters. The van der Waals surface area contributed by atoms with Crippen molar-refractivity contribution < 1.29 is 0 Å². The Morgan fingerprint density at radius 3 is 2.15 bits per heavy atom. The summed E-state index contributed by atoms with van der Waals surface area (Å²) < 4.78 is 0. The minimum Gasteiger partial charge on any atom is -0.376 e. The molecule has 26 heavy (non-hydrogen) atoms. The largest absolute Gasteiger partial charge is 0.376 e. The number of nitrogens with zero attached hydrogens (tertiary/aromatic N) is 1. The van der Waals surface area contributed by atoms with E-state index in [1.54, 1.807) is 0 Å². The predicted molar refractivity (Wildman–Crippen MR) is 111 cm³/mol.